The molecule has 1 nitrogen and oxygen atoms in total. The van der Waals surface area contributed by atoms with Gasteiger partial charge >= 0.3 is 0 Å². The van der Waals surface area contributed by atoms with Crippen LogP contribution in [-0.2, 0) is 0 Å². The zero-order valence-electron chi connectivity index (χ0n) is 14.3. The quantitative estimate of drug-likeness (QED) is 0.611. The summed E-state index contributed by atoms with van der Waals surface area (Å²) in [5.41, 5.74) is 5.27. The van der Waals surface area contributed by atoms with Crippen LogP contribution in [0.15, 0.2) is 47.1 Å². The molecular formula is C20H32O. The van der Waals surface area contributed by atoms with Crippen LogP contribution in [0.3, 0.4) is 0 Å². The predicted molar refractivity (Wildman–Crippen MR) is 93.3 cm³/mol. The van der Waals surface area contributed by atoms with Crippen molar-refractivity contribution in [3.8, 4) is 0 Å². The average Bonchev–Trinajstić information content (AvgIpc) is 2.37. The normalized spacial score (nSPS) is 33.7. The maximum absolute atomic E-state index is 10.5. The van der Waals surface area contributed by atoms with Crippen LogP contribution in [0.2, 0.25) is 0 Å². The van der Waals surface area contributed by atoms with Crippen LogP contribution in [0.5, 0.6) is 0 Å². The van der Waals surface area contributed by atoms with Gasteiger partial charge in [0.1, 0.15) is 0 Å². The molecular weight excluding hydrogens is 256 g/mol. The second-order valence-corrected chi connectivity index (χ2v) is 6.69. The smallest absolute Gasteiger partial charge is 0.0645 e. The second-order valence-electron chi connectivity index (χ2n) is 6.69. The van der Waals surface area contributed by atoms with E-state index in [0.717, 1.165) is 44.1 Å². The van der Waals surface area contributed by atoms with Gasteiger partial charge < -0.3 is 5.11 Å². The zero-order valence-corrected chi connectivity index (χ0v) is 14.3. The van der Waals surface area contributed by atoms with Crippen molar-refractivity contribution in [3.63, 3.8) is 0 Å². The van der Waals surface area contributed by atoms with E-state index in [1.807, 2.05) is 6.92 Å². The molecule has 0 heterocycles. The third kappa shape index (κ3) is 6.95. The lowest BCUT2D eigenvalue weighted by atomic mass is 9.87. The van der Waals surface area contributed by atoms with Crippen molar-refractivity contribution in [3.05, 3.63) is 47.1 Å². The van der Waals surface area contributed by atoms with Gasteiger partial charge in [0, 0.05) is 5.92 Å². The van der Waals surface area contributed by atoms with E-state index in [9.17, 15) is 5.11 Å². The van der Waals surface area contributed by atoms with Crippen LogP contribution >= 0.6 is 0 Å². The van der Waals surface area contributed by atoms with Gasteiger partial charge in [-0.25, -0.2) is 0 Å². The Labute approximate surface area is 131 Å². The van der Waals surface area contributed by atoms with Crippen molar-refractivity contribution in [2.45, 2.75) is 72.3 Å². The van der Waals surface area contributed by atoms with Crippen molar-refractivity contribution in [2.75, 3.05) is 0 Å². The lowest BCUT2D eigenvalue weighted by Crippen LogP contribution is -2.21. The molecule has 1 aliphatic carbocycles. The Hall–Kier alpha value is -1.08. The summed E-state index contributed by atoms with van der Waals surface area (Å²) in [6.45, 7) is 12.7. The molecule has 1 heteroatoms. The molecule has 0 saturated carbocycles. The van der Waals surface area contributed by atoms with Gasteiger partial charge in [-0.05, 0) is 66.2 Å². The summed E-state index contributed by atoms with van der Waals surface area (Å²) in [6.07, 6.45) is 12.7. The molecule has 1 aliphatic rings. The first-order chi connectivity index (χ1) is 9.90. The fourth-order valence-corrected chi connectivity index (χ4v) is 2.87. The third-order valence-corrected chi connectivity index (χ3v) is 4.41. The van der Waals surface area contributed by atoms with Crippen LogP contribution in [0, 0.1) is 5.92 Å². The van der Waals surface area contributed by atoms with E-state index in [4.69, 9.17) is 0 Å². The molecule has 0 aromatic carbocycles. The van der Waals surface area contributed by atoms with Crippen LogP contribution < -0.4 is 0 Å². The van der Waals surface area contributed by atoms with Crippen molar-refractivity contribution < 1.29 is 5.11 Å². The zero-order chi connectivity index (χ0) is 15.8. The molecule has 2 atom stereocenters. The maximum Gasteiger partial charge on any atom is 0.0645 e. The van der Waals surface area contributed by atoms with Crippen LogP contribution in [0.25, 0.3) is 0 Å². The van der Waals surface area contributed by atoms with Crippen molar-refractivity contribution >= 4 is 0 Å². The Balaban J connectivity index is 2.90. The molecule has 0 saturated heterocycles. The summed E-state index contributed by atoms with van der Waals surface area (Å²) in [5, 5.41) is 10.5. The third-order valence-electron chi connectivity index (χ3n) is 4.41. The van der Waals surface area contributed by atoms with E-state index >= 15 is 0 Å². The van der Waals surface area contributed by atoms with Crippen molar-refractivity contribution in [1.82, 2.24) is 0 Å². The molecule has 1 rings (SSSR count). The van der Waals surface area contributed by atoms with Crippen molar-refractivity contribution in [1.29, 1.82) is 0 Å². The van der Waals surface area contributed by atoms with E-state index < -0.39 is 0 Å². The lowest BCUT2D eigenvalue weighted by molar-refractivity contribution is 0.126. The Morgan fingerprint density at radius 1 is 1.00 bits per heavy atom. The molecule has 0 aliphatic heterocycles. The molecule has 0 bridgehead atoms. The van der Waals surface area contributed by atoms with Gasteiger partial charge in [0.15, 0.2) is 0 Å². The summed E-state index contributed by atoms with van der Waals surface area (Å²) in [4.78, 5) is 0. The topological polar surface area (TPSA) is 20.2 Å². The summed E-state index contributed by atoms with van der Waals surface area (Å²) in [7, 11) is 0. The van der Waals surface area contributed by atoms with Gasteiger partial charge in [-0.15, -0.1) is 0 Å². The maximum atomic E-state index is 10.5. The molecule has 0 aromatic rings. The Kier molecular flexibility index (Phi) is 7.74. The number of rotatable bonds is 1. The van der Waals surface area contributed by atoms with Crippen molar-refractivity contribution in [2.24, 2.45) is 5.92 Å². The fourth-order valence-electron chi connectivity index (χ4n) is 2.87. The molecule has 1 N–H and O–H groups in total. The average molecular weight is 288 g/mol. The first-order valence-corrected chi connectivity index (χ1v) is 8.20. The minimum absolute atomic E-state index is 0.170. The highest BCUT2D eigenvalue weighted by atomic mass is 16.3. The number of hydrogen-bond donors (Lipinski definition) is 1. The second kappa shape index (κ2) is 9.04. The lowest BCUT2D eigenvalue weighted by Gasteiger charge is -2.23. The molecule has 0 aromatic heterocycles. The van der Waals surface area contributed by atoms with E-state index in [2.05, 4.69) is 45.6 Å². The Bertz CT molecular complexity index is 437. The van der Waals surface area contributed by atoms with E-state index in [0.29, 0.717) is 0 Å². The molecule has 0 fully saturated rings. The minimum atomic E-state index is -0.317. The van der Waals surface area contributed by atoms with Gasteiger partial charge in [-0.1, -0.05) is 47.1 Å². The monoisotopic (exact) mass is 288 g/mol. The minimum Gasteiger partial charge on any atom is -0.392 e. The first-order valence-electron chi connectivity index (χ1n) is 8.20. The largest absolute Gasteiger partial charge is 0.392 e. The SMILES string of the molecule is C=C(C)[C@@H]1C/C=C(\C)CC/C=C(\C)CC/C=C(\C)C[C@@H]1O. The molecule has 21 heavy (non-hydrogen) atoms. The Morgan fingerprint density at radius 3 is 2.10 bits per heavy atom. The molecule has 0 unspecified atom stereocenters. The number of aliphatic hydroxyl groups excluding tert-OH is 1. The van der Waals surface area contributed by atoms with Gasteiger partial charge in [-0.2, -0.15) is 0 Å². The highest BCUT2D eigenvalue weighted by Crippen LogP contribution is 2.25. The standard InChI is InChI=1S/C20H32O/c1-15(2)19-13-12-17(4)10-6-8-16(3)9-7-11-18(5)14-20(19)21/h8,11-12,19-21H,1,6-7,9-10,13-14H2,2-5H3/b16-8+,17-12+,18-11+/t19-,20-/m0/s1. The summed E-state index contributed by atoms with van der Waals surface area (Å²) in [5.74, 6) is 0.170. The number of aliphatic hydroxyl groups is 1. The van der Waals surface area contributed by atoms with Crippen LogP contribution in [0.4, 0.5) is 0 Å². The van der Waals surface area contributed by atoms with Crippen LogP contribution in [-0.4, -0.2) is 11.2 Å². The summed E-state index contributed by atoms with van der Waals surface area (Å²) >= 11 is 0. The summed E-state index contributed by atoms with van der Waals surface area (Å²) in [6, 6.07) is 0. The van der Waals surface area contributed by atoms with Gasteiger partial charge in [-0.3, -0.25) is 0 Å². The van der Waals surface area contributed by atoms with E-state index in [1.54, 1.807) is 0 Å². The first kappa shape index (κ1) is 18.0. The predicted octanol–water partition coefficient (Wildman–Crippen LogP) is 5.73. The summed E-state index contributed by atoms with van der Waals surface area (Å²) < 4.78 is 0. The van der Waals surface area contributed by atoms with Gasteiger partial charge in [0.25, 0.3) is 0 Å². The molecule has 118 valence electrons. The van der Waals surface area contributed by atoms with Gasteiger partial charge in [0.2, 0.25) is 0 Å². The molecule has 0 amide bonds. The van der Waals surface area contributed by atoms with Crippen LogP contribution in [0.1, 0.15) is 66.2 Å². The highest BCUT2D eigenvalue weighted by Gasteiger charge is 2.19. The fraction of sp³-hybridized carbons (Fsp3) is 0.600. The highest BCUT2D eigenvalue weighted by molar-refractivity contribution is 5.12. The number of allylic oxidation sites excluding steroid dienone is 5. The molecule has 0 spiro atoms. The molecule has 0 radical (unpaired) electrons. The van der Waals surface area contributed by atoms with E-state index in [1.165, 1.54) is 16.7 Å². The van der Waals surface area contributed by atoms with E-state index in [-0.39, 0.29) is 12.0 Å². The Morgan fingerprint density at radius 2 is 1.52 bits per heavy atom. The number of hydrogen-bond acceptors (Lipinski definition) is 1. The van der Waals surface area contributed by atoms with Gasteiger partial charge in [0.05, 0.1) is 6.10 Å².